The minimum atomic E-state index is -4.67. The number of ketones is 1. The SMILES string of the molecule is CCc1cccc2c(C(=O)C(F)(F)C(F)F)c[nH]c12. The first kappa shape index (κ1) is 13.6. The van der Waals surface area contributed by atoms with Gasteiger partial charge in [0.2, 0.25) is 5.78 Å². The first-order valence-electron chi connectivity index (χ1n) is 5.69. The lowest BCUT2D eigenvalue weighted by Crippen LogP contribution is -2.36. The number of alkyl halides is 4. The van der Waals surface area contributed by atoms with Crippen molar-refractivity contribution in [1.29, 1.82) is 0 Å². The molecule has 0 unspecified atom stereocenters. The predicted octanol–water partition coefficient (Wildman–Crippen LogP) is 3.81. The van der Waals surface area contributed by atoms with Crippen LogP contribution < -0.4 is 0 Å². The number of aromatic nitrogens is 1. The lowest BCUT2D eigenvalue weighted by atomic mass is 10.0. The first-order chi connectivity index (χ1) is 8.89. The van der Waals surface area contributed by atoms with Gasteiger partial charge in [-0.15, -0.1) is 0 Å². The maximum atomic E-state index is 13.1. The molecule has 19 heavy (non-hydrogen) atoms. The second kappa shape index (κ2) is 4.68. The number of H-pyrrole nitrogens is 1. The molecule has 0 atom stereocenters. The molecule has 1 aromatic carbocycles. The number of hydrogen-bond acceptors (Lipinski definition) is 1. The van der Waals surface area contributed by atoms with Gasteiger partial charge in [0.25, 0.3) is 0 Å². The van der Waals surface area contributed by atoms with Crippen LogP contribution in [0.5, 0.6) is 0 Å². The monoisotopic (exact) mass is 273 g/mol. The highest BCUT2D eigenvalue weighted by Gasteiger charge is 2.49. The number of para-hydroxylation sites is 1. The molecule has 0 bridgehead atoms. The Bertz CT molecular complexity index is 618. The Morgan fingerprint density at radius 3 is 2.63 bits per heavy atom. The zero-order chi connectivity index (χ0) is 14.2. The summed E-state index contributed by atoms with van der Waals surface area (Å²) in [4.78, 5) is 14.2. The van der Waals surface area contributed by atoms with Crippen molar-refractivity contribution in [2.45, 2.75) is 25.7 Å². The van der Waals surface area contributed by atoms with Crippen molar-refractivity contribution in [3.63, 3.8) is 0 Å². The van der Waals surface area contributed by atoms with E-state index in [0.717, 1.165) is 11.8 Å². The van der Waals surface area contributed by atoms with E-state index in [1.54, 1.807) is 12.1 Å². The van der Waals surface area contributed by atoms with Crippen LogP contribution in [0.25, 0.3) is 10.9 Å². The number of halogens is 4. The highest BCUT2D eigenvalue weighted by Crippen LogP contribution is 2.31. The minimum absolute atomic E-state index is 0.240. The Labute approximate surface area is 106 Å². The van der Waals surface area contributed by atoms with Crippen LogP contribution in [0.4, 0.5) is 17.6 Å². The van der Waals surface area contributed by atoms with Crippen LogP contribution in [0, 0.1) is 0 Å². The number of rotatable bonds is 4. The number of Topliss-reactive ketones (excluding diaryl/α,β-unsaturated/α-hetero) is 1. The number of hydrogen-bond donors (Lipinski definition) is 1. The van der Waals surface area contributed by atoms with Gasteiger partial charge in [-0.25, -0.2) is 8.78 Å². The number of aromatic amines is 1. The van der Waals surface area contributed by atoms with Crippen LogP contribution >= 0.6 is 0 Å². The summed E-state index contributed by atoms with van der Waals surface area (Å²) < 4.78 is 50.6. The fraction of sp³-hybridized carbons (Fsp3) is 0.308. The van der Waals surface area contributed by atoms with E-state index in [4.69, 9.17) is 0 Å². The van der Waals surface area contributed by atoms with Crippen molar-refractivity contribution < 1.29 is 22.4 Å². The molecular formula is C13H11F4NO. The third kappa shape index (κ3) is 2.11. The number of nitrogens with one attached hydrogen (secondary N) is 1. The van der Waals surface area contributed by atoms with Crippen LogP contribution in [-0.2, 0) is 6.42 Å². The normalized spacial score (nSPS) is 12.3. The maximum Gasteiger partial charge on any atom is 0.368 e. The van der Waals surface area contributed by atoms with E-state index >= 15 is 0 Å². The minimum Gasteiger partial charge on any atom is -0.360 e. The molecule has 0 aliphatic heterocycles. The van der Waals surface area contributed by atoms with Crippen molar-refractivity contribution in [3.8, 4) is 0 Å². The van der Waals surface area contributed by atoms with Crippen molar-refractivity contribution in [3.05, 3.63) is 35.5 Å². The Kier molecular flexibility index (Phi) is 3.34. The maximum absolute atomic E-state index is 13.1. The third-order valence-electron chi connectivity index (χ3n) is 3.00. The summed E-state index contributed by atoms with van der Waals surface area (Å²) in [6, 6.07) is 4.84. The summed E-state index contributed by atoms with van der Waals surface area (Å²) in [5.74, 6) is -6.53. The van der Waals surface area contributed by atoms with Gasteiger partial charge in [-0.3, -0.25) is 4.79 Å². The average molecular weight is 273 g/mol. The molecule has 1 N–H and O–H groups in total. The highest BCUT2D eigenvalue weighted by atomic mass is 19.3. The number of fused-ring (bicyclic) bond motifs is 1. The summed E-state index contributed by atoms with van der Waals surface area (Å²) >= 11 is 0. The zero-order valence-corrected chi connectivity index (χ0v) is 10.0. The number of carbonyl (C=O) groups is 1. The molecule has 2 nitrogen and oxygen atoms in total. The summed E-state index contributed by atoms with van der Waals surface area (Å²) in [5.41, 5.74) is 0.950. The van der Waals surface area contributed by atoms with E-state index in [2.05, 4.69) is 4.98 Å². The van der Waals surface area contributed by atoms with E-state index in [0.29, 0.717) is 11.9 Å². The van der Waals surface area contributed by atoms with Crippen LogP contribution in [0.15, 0.2) is 24.4 Å². The van der Waals surface area contributed by atoms with Crippen molar-refractivity contribution in [2.75, 3.05) is 0 Å². The zero-order valence-electron chi connectivity index (χ0n) is 10.0. The van der Waals surface area contributed by atoms with E-state index in [1.165, 1.54) is 6.07 Å². The molecule has 2 aromatic rings. The average Bonchev–Trinajstić information content (AvgIpc) is 2.80. The molecule has 0 aliphatic carbocycles. The Balaban J connectivity index is 2.56. The molecule has 0 saturated heterocycles. The second-order valence-electron chi connectivity index (χ2n) is 4.15. The van der Waals surface area contributed by atoms with Crippen LogP contribution in [0.2, 0.25) is 0 Å². The summed E-state index contributed by atoms with van der Waals surface area (Å²) in [6.45, 7) is 1.87. The fourth-order valence-electron chi connectivity index (χ4n) is 1.98. The lowest BCUT2D eigenvalue weighted by Gasteiger charge is -2.12. The van der Waals surface area contributed by atoms with Gasteiger partial charge in [0, 0.05) is 22.7 Å². The van der Waals surface area contributed by atoms with Gasteiger partial charge in [-0.1, -0.05) is 25.1 Å². The van der Waals surface area contributed by atoms with Gasteiger partial charge in [0.1, 0.15) is 0 Å². The molecular weight excluding hydrogens is 262 g/mol. The lowest BCUT2D eigenvalue weighted by molar-refractivity contribution is -0.0957. The van der Waals surface area contributed by atoms with Gasteiger partial charge >= 0.3 is 12.3 Å². The molecule has 0 saturated carbocycles. The topological polar surface area (TPSA) is 32.9 Å². The molecule has 0 aliphatic rings. The van der Waals surface area contributed by atoms with Gasteiger partial charge in [0.15, 0.2) is 0 Å². The Morgan fingerprint density at radius 2 is 2.05 bits per heavy atom. The number of benzene rings is 1. The summed E-state index contributed by atoms with van der Waals surface area (Å²) in [5, 5.41) is 0.240. The van der Waals surface area contributed by atoms with Crippen LogP contribution in [0.1, 0.15) is 22.8 Å². The molecule has 1 aromatic heterocycles. The van der Waals surface area contributed by atoms with Gasteiger partial charge in [-0.05, 0) is 12.0 Å². The standard InChI is InChI=1S/C13H11F4NO/c1-2-7-4-3-5-8-9(6-18-10(7)8)11(19)13(16,17)12(14)15/h3-6,12,18H,2H2,1H3. The molecule has 0 fully saturated rings. The second-order valence-corrected chi connectivity index (χ2v) is 4.15. The first-order valence-corrected chi connectivity index (χ1v) is 5.69. The third-order valence-corrected chi connectivity index (χ3v) is 3.00. The van der Waals surface area contributed by atoms with Crippen LogP contribution in [0.3, 0.4) is 0 Å². The number of aryl methyl sites for hydroxylation is 1. The van der Waals surface area contributed by atoms with Gasteiger partial charge in [0.05, 0.1) is 0 Å². The fourth-order valence-corrected chi connectivity index (χ4v) is 1.98. The summed E-state index contributed by atoms with van der Waals surface area (Å²) in [7, 11) is 0. The van der Waals surface area contributed by atoms with Crippen LogP contribution in [-0.4, -0.2) is 23.1 Å². The Morgan fingerprint density at radius 1 is 1.37 bits per heavy atom. The predicted molar refractivity (Wildman–Crippen MR) is 63.0 cm³/mol. The smallest absolute Gasteiger partial charge is 0.360 e. The summed E-state index contributed by atoms with van der Waals surface area (Å²) in [6.07, 6.45) is -2.32. The molecule has 0 amide bonds. The van der Waals surface area contributed by atoms with Gasteiger partial charge < -0.3 is 4.98 Å². The van der Waals surface area contributed by atoms with E-state index in [9.17, 15) is 22.4 Å². The quantitative estimate of drug-likeness (QED) is 0.666. The van der Waals surface area contributed by atoms with Crippen molar-refractivity contribution in [2.24, 2.45) is 0 Å². The number of carbonyl (C=O) groups excluding carboxylic acids is 1. The van der Waals surface area contributed by atoms with E-state index in [1.807, 2.05) is 6.92 Å². The molecule has 2 rings (SSSR count). The molecule has 102 valence electrons. The van der Waals surface area contributed by atoms with Gasteiger partial charge in [-0.2, -0.15) is 8.78 Å². The van der Waals surface area contributed by atoms with Crippen molar-refractivity contribution >= 4 is 16.7 Å². The van der Waals surface area contributed by atoms with E-state index in [-0.39, 0.29) is 5.39 Å². The molecule has 0 spiro atoms. The van der Waals surface area contributed by atoms with Crippen molar-refractivity contribution in [1.82, 2.24) is 4.98 Å². The van der Waals surface area contributed by atoms with E-state index < -0.39 is 23.7 Å². The molecule has 0 radical (unpaired) electrons. The molecule has 1 heterocycles. The highest BCUT2D eigenvalue weighted by molar-refractivity contribution is 6.11. The largest absolute Gasteiger partial charge is 0.368 e. The molecule has 6 heteroatoms. The Hall–Kier alpha value is -1.85.